The van der Waals surface area contributed by atoms with Crippen molar-refractivity contribution in [1.29, 1.82) is 0 Å². The molecule has 1 saturated carbocycles. The lowest BCUT2D eigenvalue weighted by Crippen LogP contribution is -2.15. The first-order chi connectivity index (χ1) is 4.43. The summed E-state index contributed by atoms with van der Waals surface area (Å²) < 4.78 is 0. The lowest BCUT2D eigenvalue weighted by atomic mass is 10.2. The van der Waals surface area contributed by atoms with Gasteiger partial charge in [0, 0.05) is 0 Å². The third-order valence-corrected chi connectivity index (χ3v) is 1.99. The fourth-order valence-electron chi connectivity index (χ4n) is 1.38. The van der Waals surface area contributed by atoms with Crippen molar-refractivity contribution in [2.75, 3.05) is 0 Å². The Labute approximate surface area is 68.5 Å². The van der Waals surface area contributed by atoms with Crippen molar-refractivity contribution in [1.82, 2.24) is 0 Å². The summed E-state index contributed by atoms with van der Waals surface area (Å²) in [6.07, 6.45) is 7.99. The summed E-state index contributed by atoms with van der Waals surface area (Å²) in [4.78, 5) is 4.77. The molecule has 3 heteroatoms. The van der Waals surface area contributed by atoms with Crippen LogP contribution in [0, 0.1) is 0 Å². The summed E-state index contributed by atoms with van der Waals surface area (Å²) >= 11 is 0. The molecule has 0 spiro atoms. The Morgan fingerprint density at radius 3 is 1.90 bits per heavy atom. The highest BCUT2D eigenvalue weighted by atomic mass is 35.5. The zero-order valence-electron chi connectivity index (χ0n) is 6.21. The minimum atomic E-state index is 0. The summed E-state index contributed by atoms with van der Waals surface area (Å²) in [7, 11) is 0. The highest BCUT2D eigenvalue weighted by molar-refractivity contribution is 5.85. The van der Waals surface area contributed by atoms with E-state index in [1.807, 2.05) is 0 Å². The van der Waals surface area contributed by atoms with Crippen LogP contribution in [0.1, 0.15) is 38.5 Å². The quantitative estimate of drug-likeness (QED) is 0.477. The van der Waals surface area contributed by atoms with Gasteiger partial charge in [-0.2, -0.15) is 0 Å². The molecule has 0 aromatic carbocycles. The topological polar surface area (TPSA) is 35.2 Å². The first kappa shape index (κ1) is 10.2. The maximum Gasteiger partial charge on any atom is 0.0787 e. The average molecular weight is 166 g/mol. The van der Waals surface area contributed by atoms with E-state index in [-0.39, 0.29) is 12.4 Å². The van der Waals surface area contributed by atoms with Crippen LogP contribution in [-0.2, 0) is 4.84 Å². The zero-order valence-corrected chi connectivity index (χ0v) is 7.03. The summed E-state index contributed by atoms with van der Waals surface area (Å²) in [5.74, 6) is 5.07. The van der Waals surface area contributed by atoms with Crippen LogP contribution in [-0.4, -0.2) is 6.10 Å². The normalized spacial score (nSPS) is 21.3. The molecule has 0 radical (unpaired) electrons. The predicted octanol–water partition coefficient (Wildman–Crippen LogP) is 2.02. The van der Waals surface area contributed by atoms with E-state index in [4.69, 9.17) is 10.7 Å². The summed E-state index contributed by atoms with van der Waals surface area (Å²) in [5, 5.41) is 0. The van der Waals surface area contributed by atoms with Crippen molar-refractivity contribution in [2.24, 2.45) is 5.90 Å². The smallest absolute Gasteiger partial charge is 0.0787 e. The Morgan fingerprint density at radius 2 is 1.50 bits per heavy atom. The molecule has 2 N–H and O–H groups in total. The monoisotopic (exact) mass is 165 g/mol. The largest absolute Gasteiger partial charge is 0.301 e. The van der Waals surface area contributed by atoms with Gasteiger partial charge in [-0.1, -0.05) is 25.7 Å². The summed E-state index contributed by atoms with van der Waals surface area (Å²) in [6, 6.07) is 0. The highest BCUT2D eigenvalue weighted by Crippen LogP contribution is 2.18. The molecule has 0 saturated heterocycles. The number of hydrogen-bond acceptors (Lipinski definition) is 2. The second-order valence-corrected chi connectivity index (χ2v) is 2.75. The van der Waals surface area contributed by atoms with Crippen LogP contribution in [0.5, 0.6) is 0 Å². The molecule has 62 valence electrons. The molecule has 0 amide bonds. The standard InChI is InChI=1S/C7H15NO.ClH/c8-9-7-5-3-1-2-4-6-7;/h7H,1-6,8H2;1H. The highest BCUT2D eigenvalue weighted by Gasteiger charge is 2.10. The molecule has 1 rings (SSSR count). The number of halogens is 1. The molecule has 0 bridgehead atoms. The molecule has 0 unspecified atom stereocenters. The first-order valence-corrected chi connectivity index (χ1v) is 3.79. The van der Waals surface area contributed by atoms with Crippen molar-refractivity contribution < 1.29 is 4.84 Å². The zero-order chi connectivity index (χ0) is 6.53. The van der Waals surface area contributed by atoms with Crippen LogP contribution in [0.15, 0.2) is 0 Å². The lowest BCUT2D eigenvalue weighted by molar-refractivity contribution is 0.0431. The van der Waals surface area contributed by atoms with E-state index in [9.17, 15) is 0 Å². The van der Waals surface area contributed by atoms with E-state index in [1.165, 1.54) is 25.7 Å². The second-order valence-electron chi connectivity index (χ2n) is 2.75. The molecule has 0 aliphatic heterocycles. The van der Waals surface area contributed by atoms with Crippen LogP contribution in [0.2, 0.25) is 0 Å². The lowest BCUT2D eigenvalue weighted by Gasteiger charge is -2.08. The van der Waals surface area contributed by atoms with Gasteiger partial charge in [-0.05, 0) is 12.8 Å². The van der Waals surface area contributed by atoms with Crippen molar-refractivity contribution in [3.8, 4) is 0 Å². The average Bonchev–Trinajstić information content (AvgIpc) is 2.13. The van der Waals surface area contributed by atoms with Gasteiger partial charge in [-0.3, -0.25) is 0 Å². The minimum Gasteiger partial charge on any atom is -0.301 e. The number of rotatable bonds is 1. The van der Waals surface area contributed by atoms with Gasteiger partial charge < -0.3 is 4.84 Å². The first-order valence-electron chi connectivity index (χ1n) is 3.79. The molecule has 0 atom stereocenters. The van der Waals surface area contributed by atoms with Crippen molar-refractivity contribution in [3.63, 3.8) is 0 Å². The molecule has 1 aliphatic carbocycles. The fourth-order valence-corrected chi connectivity index (χ4v) is 1.38. The van der Waals surface area contributed by atoms with Gasteiger partial charge in [-0.25, -0.2) is 5.90 Å². The van der Waals surface area contributed by atoms with E-state index in [2.05, 4.69) is 0 Å². The van der Waals surface area contributed by atoms with Gasteiger partial charge in [0.2, 0.25) is 0 Å². The van der Waals surface area contributed by atoms with Gasteiger partial charge >= 0.3 is 0 Å². The van der Waals surface area contributed by atoms with Crippen molar-refractivity contribution in [3.05, 3.63) is 0 Å². The third kappa shape index (κ3) is 3.40. The van der Waals surface area contributed by atoms with Crippen molar-refractivity contribution in [2.45, 2.75) is 44.6 Å². The van der Waals surface area contributed by atoms with Crippen LogP contribution in [0.3, 0.4) is 0 Å². The van der Waals surface area contributed by atoms with Gasteiger partial charge in [-0.15, -0.1) is 12.4 Å². The maximum absolute atomic E-state index is 5.07. The number of hydrogen-bond donors (Lipinski definition) is 1. The summed E-state index contributed by atoms with van der Waals surface area (Å²) in [5.41, 5.74) is 0. The molecule has 1 aliphatic rings. The van der Waals surface area contributed by atoms with E-state index < -0.39 is 0 Å². The van der Waals surface area contributed by atoms with Crippen LogP contribution < -0.4 is 5.90 Å². The van der Waals surface area contributed by atoms with E-state index >= 15 is 0 Å². The molecule has 10 heavy (non-hydrogen) atoms. The molecule has 0 heterocycles. The van der Waals surface area contributed by atoms with Gasteiger partial charge in [0.25, 0.3) is 0 Å². The van der Waals surface area contributed by atoms with E-state index in [0.29, 0.717) is 6.10 Å². The summed E-state index contributed by atoms with van der Waals surface area (Å²) in [6.45, 7) is 0. The Bertz CT molecular complexity index is 72.0. The Morgan fingerprint density at radius 1 is 1.00 bits per heavy atom. The fraction of sp³-hybridized carbons (Fsp3) is 1.00. The van der Waals surface area contributed by atoms with Crippen LogP contribution >= 0.6 is 12.4 Å². The SMILES string of the molecule is Cl.NOC1CCCCCC1. The Balaban J connectivity index is 0.000000810. The second kappa shape index (κ2) is 5.96. The number of nitrogens with two attached hydrogens (primary N) is 1. The molecule has 0 aromatic rings. The molecular formula is C7H16ClNO. The minimum absolute atomic E-state index is 0. The predicted molar refractivity (Wildman–Crippen MR) is 44.0 cm³/mol. The third-order valence-electron chi connectivity index (χ3n) is 1.99. The van der Waals surface area contributed by atoms with Crippen LogP contribution in [0.4, 0.5) is 0 Å². The van der Waals surface area contributed by atoms with Gasteiger partial charge in [0.05, 0.1) is 6.10 Å². The van der Waals surface area contributed by atoms with Gasteiger partial charge in [0.15, 0.2) is 0 Å². The van der Waals surface area contributed by atoms with Crippen molar-refractivity contribution >= 4 is 12.4 Å². The Kier molecular flexibility index (Phi) is 6.08. The van der Waals surface area contributed by atoms with E-state index in [0.717, 1.165) is 12.8 Å². The van der Waals surface area contributed by atoms with Gasteiger partial charge in [0.1, 0.15) is 0 Å². The van der Waals surface area contributed by atoms with E-state index in [1.54, 1.807) is 0 Å². The molecular weight excluding hydrogens is 150 g/mol. The molecule has 0 aromatic heterocycles. The molecule has 1 fully saturated rings. The molecule has 2 nitrogen and oxygen atoms in total. The Hall–Kier alpha value is 0.210. The van der Waals surface area contributed by atoms with Crippen LogP contribution in [0.25, 0.3) is 0 Å². The maximum atomic E-state index is 5.07.